The normalized spacial score (nSPS) is 22.4. The molecule has 0 amide bonds. The minimum atomic E-state index is 0.197. The van der Waals surface area contributed by atoms with E-state index < -0.39 is 0 Å². The minimum Gasteiger partial charge on any atom is -0.372 e. The summed E-state index contributed by atoms with van der Waals surface area (Å²) >= 11 is 0. The molecule has 1 aromatic carbocycles. The van der Waals surface area contributed by atoms with E-state index in [0.717, 1.165) is 36.4 Å². The number of anilines is 1. The standard InChI is InChI=1S/C17H25N3O/c1-12(2)19-9-15-5-6-17(16(7-15)8-18)20-10-13(3)21-14(4)11-20/h5-7,12-14,19H,9-11H2,1-4H3. The van der Waals surface area contributed by atoms with E-state index in [1.54, 1.807) is 0 Å². The van der Waals surface area contributed by atoms with Gasteiger partial charge in [0.25, 0.3) is 0 Å². The summed E-state index contributed by atoms with van der Waals surface area (Å²) in [5.74, 6) is 0. The quantitative estimate of drug-likeness (QED) is 0.925. The lowest BCUT2D eigenvalue weighted by molar-refractivity contribution is -0.00522. The number of morpholine rings is 1. The van der Waals surface area contributed by atoms with Crippen molar-refractivity contribution in [1.29, 1.82) is 5.26 Å². The van der Waals surface area contributed by atoms with Gasteiger partial charge in [0, 0.05) is 25.7 Å². The monoisotopic (exact) mass is 287 g/mol. The van der Waals surface area contributed by atoms with Gasteiger partial charge in [-0.05, 0) is 31.5 Å². The van der Waals surface area contributed by atoms with E-state index in [2.05, 4.69) is 56.1 Å². The maximum atomic E-state index is 9.45. The second kappa shape index (κ2) is 6.93. The molecule has 4 nitrogen and oxygen atoms in total. The largest absolute Gasteiger partial charge is 0.372 e. The molecule has 0 radical (unpaired) electrons. The summed E-state index contributed by atoms with van der Waals surface area (Å²) in [6, 6.07) is 8.95. The number of ether oxygens (including phenoxy) is 1. The lowest BCUT2D eigenvalue weighted by Gasteiger charge is -2.37. The Hall–Kier alpha value is -1.57. The van der Waals surface area contributed by atoms with Gasteiger partial charge in [-0.25, -0.2) is 0 Å². The zero-order valence-electron chi connectivity index (χ0n) is 13.4. The highest BCUT2D eigenvalue weighted by molar-refractivity contribution is 5.61. The molecule has 1 fully saturated rings. The zero-order chi connectivity index (χ0) is 15.4. The maximum Gasteiger partial charge on any atom is 0.101 e. The number of nitriles is 1. The van der Waals surface area contributed by atoms with Crippen molar-refractivity contribution in [3.05, 3.63) is 29.3 Å². The third kappa shape index (κ3) is 4.20. The van der Waals surface area contributed by atoms with Crippen molar-refractivity contribution in [3.8, 4) is 6.07 Å². The van der Waals surface area contributed by atoms with Crippen LogP contribution >= 0.6 is 0 Å². The summed E-state index contributed by atoms with van der Waals surface area (Å²) < 4.78 is 5.77. The Bertz CT molecular complexity index is 511. The van der Waals surface area contributed by atoms with Crippen molar-refractivity contribution in [3.63, 3.8) is 0 Å². The van der Waals surface area contributed by atoms with E-state index >= 15 is 0 Å². The Morgan fingerprint density at radius 3 is 2.57 bits per heavy atom. The molecule has 1 N–H and O–H groups in total. The first-order valence-corrected chi connectivity index (χ1v) is 7.66. The summed E-state index contributed by atoms with van der Waals surface area (Å²) in [4.78, 5) is 2.26. The SMILES string of the molecule is CC(C)NCc1ccc(N2CC(C)OC(C)C2)c(C#N)c1. The van der Waals surface area contributed by atoms with Gasteiger partial charge < -0.3 is 15.0 Å². The van der Waals surface area contributed by atoms with Crippen LogP contribution in [0.2, 0.25) is 0 Å². The lowest BCUT2D eigenvalue weighted by atomic mass is 10.1. The van der Waals surface area contributed by atoms with Gasteiger partial charge in [0.2, 0.25) is 0 Å². The number of hydrogen-bond donors (Lipinski definition) is 1. The van der Waals surface area contributed by atoms with Crippen molar-refractivity contribution in [2.24, 2.45) is 0 Å². The van der Waals surface area contributed by atoms with Crippen molar-refractivity contribution in [2.75, 3.05) is 18.0 Å². The van der Waals surface area contributed by atoms with Gasteiger partial charge in [-0.15, -0.1) is 0 Å². The Morgan fingerprint density at radius 1 is 1.33 bits per heavy atom. The molecule has 0 saturated carbocycles. The van der Waals surface area contributed by atoms with Crippen LogP contribution in [0.1, 0.15) is 38.8 Å². The van der Waals surface area contributed by atoms with Gasteiger partial charge >= 0.3 is 0 Å². The maximum absolute atomic E-state index is 9.45. The predicted molar refractivity (Wildman–Crippen MR) is 85.4 cm³/mol. The summed E-state index contributed by atoms with van der Waals surface area (Å²) in [6.45, 7) is 10.9. The van der Waals surface area contributed by atoms with Gasteiger partial charge in [0.1, 0.15) is 6.07 Å². The van der Waals surface area contributed by atoms with E-state index in [0.29, 0.717) is 6.04 Å². The highest BCUT2D eigenvalue weighted by Gasteiger charge is 2.24. The fraction of sp³-hybridized carbons (Fsp3) is 0.588. The van der Waals surface area contributed by atoms with Crippen LogP contribution in [-0.4, -0.2) is 31.3 Å². The van der Waals surface area contributed by atoms with Gasteiger partial charge in [-0.2, -0.15) is 5.26 Å². The number of nitrogens with one attached hydrogen (secondary N) is 1. The number of rotatable bonds is 4. The molecule has 0 spiro atoms. The summed E-state index contributed by atoms with van der Waals surface area (Å²) in [6.07, 6.45) is 0.394. The van der Waals surface area contributed by atoms with Crippen molar-refractivity contribution in [1.82, 2.24) is 5.32 Å². The summed E-state index contributed by atoms with van der Waals surface area (Å²) in [7, 11) is 0. The summed E-state index contributed by atoms with van der Waals surface area (Å²) in [5.41, 5.74) is 2.92. The molecular formula is C17H25N3O. The Labute approximate surface area is 127 Å². The van der Waals surface area contributed by atoms with Gasteiger partial charge in [0.05, 0.1) is 23.5 Å². The molecule has 1 heterocycles. The fourth-order valence-corrected chi connectivity index (χ4v) is 2.76. The van der Waals surface area contributed by atoms with Crippen LogP contribution < -0.4 is 10.2 Å². The lowest BCUT2D eigenvalue weighted by Crippen LogP contribution is -2.45. The van der Waals surface area contributed by atoms with Crippen LogP contribution in [0.3, 0.4) is 0 Å². The van der Waals surface area contributed by atoms with E-state index in [9.17, 15) is 5.26 Å². The highest BCUT2D eigenvalue weighted by atomic mass is 16.5. The highest BCUT2D eigenvalue weighted by Crippen LogP contribution is 2.25. The fourth-order valence-electron chi connectivity index (χ4n) is 2.76. The average Bonchev–Trinajstić information content (AvgIpc) is 2.43. The first-order valence-electron chi connectivity index (χ1n) is 7.66. The predicted octanol–water partition coefficient (Wildman–Crippen LogP) is 2.67. The van der Waals surface area contributed by atoms with Crippen LogP contribution in [0.4, 0.5) is 5.69 Å². The minimum absolute atomic E-state index is 0.197. The van der Waals surface area contributed by atoms with E-state index in [1.807, 2.05) is 6.07 Å². The molecule has 0 aliphatic carbocycles. The Morgan fingerprint density at radius 2 is 2.00 bits per heavy atom. The summed E-state index contributed by atoms with van der Waals surface area (Å²) in [5, 5.41) is 12.8. The molecule has 2 atom stereocenters. The zero-order valence-corrected chi connectivity index (χ0v) is 13.4. The first-order chi connectivity index (χ1) is 9.99. The second-order valence-corrected chi connectivity index (χ2v) is 6.16. The van der Waals surface area contributed by atoms with Crippen LogP contribution in [0.5, 0.6) is 0 Å². The molecule has 2 unspecified atom stereocenters. The number of hydrogen-bond acceptors (Lipinski definition) is 4. The van der Waals surface area contributed by atoms with E-state index in [1.165, 1.54) is 0 Å². The molecule has 0 aromatic heterocycles. The van der Waals surface area contributed by atoms with Gasteiger partial charge in [-0.3, -0.25) is 0 Å². The molecule has 1 aliphatic heterocycles. The molecule has 0 bridgehead atoms. The average molecular weight is 287 g/mol. The number of nitrogens with zero attached hydrogens (tertiary/aromatic N) is 2. The van der Waals surface area contributed by atoms with E-state index in [-0.39, 0.29) is 12.2 Å². The van der Waals surface area contributed by atoms with Crippen molar-refractivity contribution in [2.45, 2.75) is 52.5 Å². The Balaban J connectivity index is 2.18. The molecule has 1 aliphatic rings. The molecular weight excluding hydrogens is 262 g/mol. The third-order valence-corrected chi connectivity index (χ3v) is 3.66. The topological polar surface area (TPSA) is 48.3 Å². The smallest absolute Gasteiger partial charge is 0.101 e. The van der Waals surface area contributed by atoms with Crippen LogP contribution in [0, 0.1) is 11.3 Å². The first kappa shape index (κ1) is 15.8. The molecule has 1 aromatic rings. The third-order valence-electron chi connectivity index (χ3n) is 3.66. The van der Waals surface area contributed by atoms with Crippen molar-refractivity contribution < 1.29 is 4.74 Å². The van der Waals surface area contributed by atoms with Crippen LogP contribution in [-0.2, 0) is 11.3 Å². The molecule has 1 saturated heterocycles. The second-order valence-electron chi connectivity index (χ2n) is 6.16. The molecule has 114 valence electrons. The van der Waals surface area contributed by atoms with Crippen molar-refractivity contribution >= 4 is 5.69 Å². The van der Waals surface area contributed by atoms with Crippen LogP contribution in [0.25, 0.3) is 0 Å². The molecule has 21 heavy (non-hydrogen) atoms. The Kier molecular flexibility index (Phi) is 5.22. The van der Waals surface area contributed by atoms with E-state index in [4.69, 9.17) is 4.74 Å². The van der Waals surface area contributed by atoms with Crippen LogP contribution in [0.15, 0.2) is 18.2 Å². The van der Waals surface area contributed by atoms with Gasteiger partial charge in [-0.1, -0.05) is 19.9 Å². The van der Waals surface area contributed by atoms with Gasteiger partial charge in [0.15, 0.2) is 0 Å². The number of benzene rings is 1. The molecule has 2 rings (SSSR count). The molecule has 4 heteroatoms.